The van der Waals surface area contributed by atoms with Crippen LogP contribution in [0.4, 0.5) is 17.3 Å². The number of carbonyl (C=O) groups excluding carboxylic acids is 2. The largest absolute Gasteiger partial charge is 0.326 e. The van der Waals surface area contributed by atoms with Gasteiger partial charge in [-0.25, -0.2) is 4.68 Å². The molecular formula is C18H14N6O4. The van der Waals surface area contributed by atoms with Crippen molar-refractivity contribution in [2.75, 3.05) is 10.6 Å². The number of aromatic nitrogens is 3. The number of hydrogen-bond acceptors (Lipinski definition) is 6. The Labute approximate surface area is 158 Å². The minimum Gasteiger partial charge on any atom is -0.326 e. The lowest BCUT2D eigenvalue weighted by atomic mass is 10.2. The zero-order valence-corrected chi connectivity index (χ0v) is 14.4. The third-order valence-electron chi connectivity index (χ3n) is 4.24. The predicted octanol–water partition coefficient (Wildman–Crippen LogP) is 2.38. The summed E-state index contributed by atoms with van der Waals surface area (Å²) in [5.74, 6) is -0.0413. The van der Waals surface area contributed by atoms with Gasteiger partial charge in [-0.2, -0.15) is 4.98 Å². The van der Waals surface area contributed by atoms with Crippen molar-refractivity contribution in [1.29, 1.82) is 0 Å². The highest BCUT2D eigenvalue weighted by Crippen LogP contribution is 2.28. The van der Waals surface area contributed by atoms with Crippen LogP contribution in [0.3, 0.4) is 0 Å². The Hall–Kier alpha value is -4.08. The molecule has 2 aromatic carbocycles. The van der Waals surface area contributed by atoms with E-state index in [0.29, 0.717) is 11.5 Å². The minimum absolute atomic E-state index is 0.0751. The van der Waals surface area contributed by atoms with Crippen LogP contribution in [0.25, 0.3) is 11.4 Å². The topological polar surface area (TPSA) is 132 Å². The maximum atomic E-state index is 12.3. The lowest BCUT2D eigenvalue weighted by molar-refractivity contribution is -0.384. The van der Waals surface area contributed by atoms with Crippen LogP contribution in [0.5, 0.6) is 0 Å². The van der Waals surface area contributed by atoms with Gasteiger partial charge < -0.3 is 5.32 Å². The van der Waals surface area contributed by atoms with Gasteiger partial charge in [0, 0.05) is 23.4 Å². The average molecular weight is 378 g/mol. The molecule has 0 radical (unpaired) electrons. The van der Waals surface area contributed by atoms with Crippen LogP contribution in [0.2, 0.25) is 0 Å². The fraction of sp³-hybridized carbons (Fsp3) is 0.111. The van der Waals surface area contributed by atoms with E-state index < -0.39 is 16.9 Å². The second-order valence-corrected chi connectivity index (χ2v) is 6.13. The molecule has 2 N–H and O–H groups in total. The number of nitro groups is 1. The first-order valence-corrected chi connectivity index (χ1v) is 8.38. The number of nitrogens with zero attached hydrogens (tertiary/aromatic N) is 4. The summed E-state index contributed by atoms with van der Waals surface area (Å²) in [6.07, 6.45) is -0.145. The number of carbonyl (C=O) groups is 2. The van der Waals surface area contributed by atoms with E-state index in [1.807, 2.05) is 30.3 Å². The van der Waals surface area contributed by atoms with Crippen molar-refractivity contribution < 1.29 is 14.5 Å². The smallest absolute Gasteiger partial charge is 0.269 e. The van der Waals surface area contributed by atoms with E-state index in [1.54, 1.807) is 0 Å². The van der Waals surface area contributed by atoms with Gasteiger partial charge in [0.15, 0.2) is 5.82 Å². The average Bonchev–Trinajstić information content (AvgIpc) is 3.22. The molecule has 10 heteroatoms. The molecule has 0 spiro atoms. The predicted molar refractivity (Wildman–Crippen MR) is 99.5 cm³/mol. The molecule has 0 saturated heterocycles. The van der Waals surface area contributed by atoms with Gasteiger partial charge in [0.2, 0.25) is 11.9 Å². The Morgan fingerprint density at radius 3 is 2.57 bits per heavy atom. The van der Waals surface area contributed by atoms with Crippen molar-refractivity contribution in [3.63, 3.8) is 0 Å². The molecule has 1 aromatic heterocycles. The number of nitrogens with one attached hydrogen (secondary N) is 2. The lowest BCUT2D eigenvalue weighted by Crippen LogP contribution is -2.23. The van der Waals surface area contributed by atoms with Crippen LogP contribution in [0.1, 0.15) is 12.5 Å². The standard InChI is InChI=1S/C18H14N6O4/c25-15(19-12-6-8-13(9-7-12)24(27)28)10-14-17(26)21-18-20-16(22-23(14)18)11-4-2-1-3-5-11/h1-9,14H,10H2,(H,19,25)(H,20,21,22,26)/t14-/m1/s1. The molecule has 2 heterocycles. The normalized spacial score (nSPS) is 15.0. The first kappa shape index (κ1) is 17.3. The molecule has 2 amide bonds. The Kier molecular flexibility index (Phi) is 4.28. The summed E-state index contributed by atoms with van der Waals surface area (Å²) in [5, 5.41) is 20.3. The highest BCUT2D eigenvalue weighted by atomic mass is 16.6. The molecule has 3 aromatic rings. The van der Waals surface area contributed by atoms with Gasteiger partial charge in [-0.3, -0.25) is 25.0 Å². The number of amides is 2. The minimum atomic E-state index is -0.821. The summed E-state index contributed by atoms with van der Waals surface area (Å²) < 4.78 is 1.40. The highest BCUT2D eigenvalue weighted by molar-refractivity contribution is 6.01. The van der Waals surface area contributed by atoms with E-state index in [1.165, 1.54) is 28.9 Å². The van der Waals surface area contributed by atoms with Crippen molar-refractivity contribution in [1.82, 2.24) is 14.8 Å². The number of hydrogen-bond donors (Lipinski definition) is 2. The number of fused-ring (bicyclic) bond motifs is 1. The van der Waals surface area contributed by atoms with Gasteiger partial charge in [-0.1, -0.05) is 30.3 Å². The second kappa shape index (κ2) is 6.91. The van der Waals surface area contributed by atoms with Gasteiger partial charge in [0.1, 0.15) is 6.04 Å². The Bertz CT molecular complexity index is 1060. The molecular weight excluding hydrogens is 364 g/mol. The monoisotopic (exact) mass is 378 g/mol. The number of nitro benzene ring substituents is 1. The molecule has 1 aliphatic heterocycles. The molecule has 1 aliphatic rings. The fourth-order valence-corrected chi connectivity index (χ4v) is 2.87. The Balaban J connectivity index is 1.48. The molecule has 4 rings (SSSR count). The molecule has 28 heavy (non-hydrogen) atoms. The van der Waals surface area contributed by atoms with E-state index in [2.05, 4.69) is 20.7 Å². The summed E-state index contributed by atoms with van der Waals surface area (Å²) >= 11 is 0. The third kappa shape index (κ3) is 3.30. The Morgan fingerprint density at radius 2 is 1.89 bits per heavy atom. The van der Waals surface area contributed by atoms with Gasteiger partial charge >= 0.3 is 0 Å². The molecule has 0 aliphatic carbocycles. The highest BCUT2D eigenvalue weighted by Gasteiger charge is 2.35. The van der Waals surface area contributed by atoms with Crippen LogP contribution in [-0.4, -0.2) is 31.5 Å². The van der Waals surface area contributed by atoms with Crippen molar-refractivity contribution in [2.45, 2.75) is 12.5 Å². The lowest BCUT2D eigenvalue weighted by Gasteiger charge is -2.09. The van der Waals surface area contributed by atoms with Crippen LogP contribution < -0.4 is 10.6 Å². The van der Waals surface area contributed by atoms with Crippen molar-refractivity contribution in [3.8, 4) is 11.4 Å². The van der Waals surface area contributed by atoms with Crippen molar-refractivity contribution in [3.05, 3.63) is 64.7 Å². The Morgan fingerprint density at radius 1 is 1.18 bits per heavy atom. The SMILES string of the molecule is O=C(C[C@@H]1C(=O)Nc2nc(-c3ccccc3)nn21)Nc1ccc([N+](=O)[O-])cc1. The quantitative estimate of drug-likeness (QED) is 0.517. The first-order valence-electron chi connectivity index (χ1n) is 8.38. The number of anilines is 2. The number of non-ortho nitro benzene ring substituents is 1. The van der Waals surface area contributed by atoms with E-state index in [9.17, 15) is 19.7 Å². The van der Waals surface area contributed by atoms with Gasteiger partial charge in [-0.15, -0.1) is 5.10 Å². The first-order chi connectivity index (χ1) is 13.5. The molecule has 0 saturated carbocycles. The molecule has 140 valence electrons. The zero-order chi connectivity index (χ0) is 19.7. The summed E-state index contributed by atoms with van der Waals surface area (Å²) in [6, 6.07) is 13.9. The number of benzene rings is 2. The van der Waals surface area contributed by atoms with Crippen LogP contribution >= 0.6 is 0 Å². The zero-order valence-electron chi connectivity index (χ0n) is 14.4. The summed E-state index contributed by atoms with van der Waals surface area (Å²) in [6.45, 7) is 0. The van der Waals surface area contributed by atoms with E-state index in [4.69, 9.17) is 0 Å². The van der Waals surface area contributed by atoms with Gasteiger partial charge in [-0.05, 0) is 12.1 Å². The molecule has 10 nitrogen and oxygen atoms in total. The molecule has 0 unspecified atom stereocenters. The van der Waals surface area contributed by atoms with Crippen LogP contribution in [0, 0.1) is 10.1 Å². The summed E-state index contributed by atoms with van der Waals surface area (Å²) in [4.78, 5) is 39.0. The summed E-state index contributed by atoms with van der Waals surface area (Å²) in [5.41, 5.74) is 1.12. The van der Waals surface area contributed by atoms with Gasteiger partial charge in [0.25, 0.3) is 11.6 Å². The van der Waals surface area contributed by atoms with Crippen LogP contribution in [-0.2, 0) is 9.59 Å². The molecule has 1 atom stereocenters. The van der Waals surface area contributed by atoms with Crippen LogP contribution in [0.15, 0.2) is 54.6 Å². The molecule has 0 fully saturated rings. The third-order valence-corrected chi connectivity index (χ3v) is 4.24. The second-order valence-electron chi connectivity index (χ2n) is 6.13. The number of rotatable bonds is 5. The summed E-state index contributed by atoms with van der Waals surface area (Å²) in [7, 11) is 0. The van der Waals surface area contributed by atoms with Gasteiger partial charge in [0.05, 0.1) is 11.3 Å². The van der Waals surface area contributed by atoms with E-state index in [0.717, 1.165) is 5.56 Å². The van der Waals surface area contributed by atoms with Crippen molar-refractivity contribution in [2.24, 2.45) is 0 Å². The maximum Gasteiger partial charge on any atom is 0.269 e. The van der Waals surface area contributed by atoms with E-state index in [-0.39, 0.29) is 24.0 Å². The maximum absolute atomic E-state index is 12.3. The molecule has 0 bridgehead atoms. The van der Waals surface area contributed by atoms with E-state index >= 15 is 0 Å². The van der Waals surface area contributed by atoms with Crippen molar-refractivity contribution >= 4 is 29.1 Å². The fourth-order valence-electron chi connectivity index (χ4n) is 2.87.